The lowest BCUT2D eigenvalue weighted by Gasteiger charge is -2.20. The lowest BCUT2D eigenvalue weighted by Crippen LogP contribution is -2.46. The number of methoxy groups -OCH3 is 1. The number of rotatable bonds is 7. The highest BCUT2D eigenvalue weighted by Gasteiger charge is 2.23. The number of nitrogens with one attached hydrogen (secondary N) is 2. The van der Waals surface area contributed by atoms with Gasteiger partial charge in [-0.2, -0.15) is 0 Å². The monoisotopic (exact) mass is 366 g/mol. The Hall–Kier alpha value is -3.12. The van der Waals surface area contributed by atoms with Gasteiger partial charge in [-0.25, -0.2) is 0 Å². The van der Waals surface area contributed by atoms with Gasteiger partial charge in [-0.15, -0.1) is 11.3 Å². The first-order chi connectivity index (χ1) is 12.7. The predicted molar refractivity (Wildman–Crippen MR) is 103 cm³/mol. The molecule has 1 aromatic heterocycles. The molecule has 6 heteroatoms. The summed E-state index contributed by atoms with van der Waals surface area (Å²) in [4.78, 5) is 25.9. The molecule has 0 aliphatic heterocycles. The molecule has 0 aliphatic carbocycles. The molecule has 0 fully saturated rings. The van der Waals surface area contributed by atoms with Crippen molar-refractivity contribution < 1.29 is 14.3 Å². The number of benzene rings is 2. The minimum atomic E-state index is -0.880. The Bertz CT molecular complexity index is 862. The van der Waals surface area contributed by atoms with Gasteiger partial charge in [0.1, 0.15) is 5.75 Å². The minimum Gasteiger partial charge on any atom is -0.497 e. The molecule has 132 valence electrons. The van der Waals surface area contributed by atoms with E-state index in [4.69, 9.17) is 4.74 Å². The maximum absolute atomic E-state index is 12.8. The molecule has 26 heavy (non-hydrogen) atoms. The number of amides is 1. The molecular formula is C20H18N2O3S. The van der Waals surface area contributed by atoms with Crippen LogP contribution in [0.1, 0.15) is 20.0 Å². The molecule has 0 bridgehead atoms. The van der Waals surface area contributed by atoms with Crippen molar-refractivity contribution >= 4 is 28.7 Å². The summed E-state index contributed by atoms with van der Waals surface area (Å²) in [5, 5.41) is 7.69. The third kappa shape index (κ3) is 4.29. The van der Waals surface area contributed by atoms with E-state index in [0.29, 0.717) is 21.9 Å². The van der Waals surface area contributed by atoms with Crippen LogP contribution in [0.5, 0.6) is 5.75 Å². The molecule has 0 saturated heterocycles. The second kappa shape index (κ2) is 8.31. The van der Waals surface area contributed by atoms with E-state index < -0.39 is 6.17 Å². The number of hydrogen-bond donors (Lipinski definition) is 2. The van der Waals surface area contributed by atoms with Crippen molar-refractivity contribution in [1.82, 2.24) is 5.32 Å². The van der Waals surface area contributed by atoms with E-state index in [1.54, 1.807) is 67.8 Å². The quantitative estimate of drug-likeness (QED) is 0.493. The van der Waals surface area contributed by atoms with E-state index in [0.717, 1.165) is 0 Å². The maximum Gasteiger partial charge on any atom is 0.253 e. The van der Waals surface area contributed by atoms with E-state index >= 15 is 0 Å². The summed E-state index contributed by atoms with van der Waals surface area (Å²) in [6, 6.07) is 19.5. The summed E-state index contributed by atoms with van der Waals surface area (Å²) < 4.78 is 5.14. The zero-order valence-electron chi connectivity index (χ0n) is 14.1. The largest absolute Gasteiger partial charge is 0.497 e. The Morgan fingerprint density at radius 2 is 1.69 bits per heavy atom. The van der Waals surface area contributed by atoms with E-state index in [2.05, 4.69) is 10.6 Å². The van der Waals surface area contributed by atoms with E-state index in [9.17, 15) is 9.59 Å². The van der Waals surface area contributed by atoms with Gasteiger partial charge in [0, 0.05) is 11.3 Å². The van der Waals surface area contributed by atoms with Crippen LogP contribution in [0, 0.1) is 0 Å². The smallest absolute Gasteiger partial charge is 0.253 e. The normalized spacial score (nSPS) is 11.4. The fourth-order valence-electron chi connectivity index (χ4n) is 2.39. The van der Waals surface area contributed by atoms with E-state index in [1.807, 2.05) is 11.4 Å². The summed E-state index contributed by atoms with van der Waals surface area (Å²) >= 11 is 1.34. The van der Waals surface area contributed by atoms with Crippen LogP contribution in [-0.4, -0.2) is 25.0 Å². The molecule has 0 saturated carbocycles. The van der Waals surface area contributed by atoms with Gasteiger partial charge in [0.25, 0.3) is 5.91 Å². The summed E-state index contributed by atoms with van der Waals surface area (Å²) in [6.07, 6.45) is -0.880. The average Bonchev–Trinajstić information content (AvgIpc) is 3.23. The lowest BCUT2D eigenvalue weighted by molar-refractivity contribution is 0.0871. The second-order valence-corrected chi connectivity index (χ2v) is 6.43. The SMILES string of the molecule is COc1ccc(N[C@H](NC(=O)c2ccccc2)C(=O)c2cccs2)cc1. The molecule has 2 aromatic carbocycles. The molecule has 0 spiro atoms. The Kier molecular flexibility index (Phi) is 5.66. The van der Waals surface area contributed by atoms with Crippen molar-refractivity contribution in [2.45, 2.75) is 6.17 Å². The Balaban J connectivity index is 1.81. The molecule has 1 atom stereocenters. The van der Waals surface area contributed by atoms with E-state index in [1.165, 1.54) is 11.3 Å². The summed E-state index contributed by atoms with van der Waals surface area (Å²) in [5.74, 6) is 0.201. The number of ketones is 1. The number of carbonyl (C=O) groups excluding carboxylic acids is 2. The maximum atomic E-state index is 12.8. The fraction of sp³-hybridized carbons (Fsp3) is 0.100. The van der Waals surface area contributed by atoms with Crippen molar-refractivity contribution in [2.24, 2.45) is 0 Å². The van der Waals surface area contributed by atoms with Crippen LogP contribution in [0.4, 0.5) is 5.69 Å². The van der Waals surface area contributed by atoms with Crippen molar-refractivity contribution in [2.75, 3.05) is 12.4 Å². The summed E-state index contributed by atoms with van der Waals surface area (Å²) in [6.45, 7) is 0. The lowest BCUT2D eigenvalue weighted by atomic mass is 10.2. The zero-order chi connectivity index (χ0) is 18.4. The number of hydrogen-bond acceptors (Lipinski definition) is 5. The standard InChI is InChI=1S/C20H18N2O3S/c1-25-16-11-9-15(10-12-16)21-19(18(23)17-8-5-13-26-17)22-20(24)14-6-3-2-4-7-14/h2-13,19,21H,1H3,(H,22,24)/t19-/m1/s1. The summed E-state index contributed by atoms with van der Waals surface area (Å²) in [7, 11) is 1.59. The first-order valence-corrected chi connectivity index (χ1v) is 8.89. The molecule has 1 heterocycles. The van der Waals surface area contributed by atoms with Gasteiger partial charge in [-0.05, 0) is 47.8 Å². The van der Waals surface area contributed by atoms with Gasteiger partial charge in [0.05, 0.1) is 12.0 Å². The highest BCUT2D eigenvalue weighted by Crippen LogP contribution is 2.18. The zero-order valence-corrected chi connectivity index (χ0v) is 15.0. The molecule has 0 radical (unpaired) electrons. The molecular weight excluding hydrogens is 348 g/mol. The highest BCUT2D eigenvalue weighted by atomic mass is 32.1. The summed E-state index contributed by atoms with van der Waals surface area (Å²) in [5.41, 5.74) is 1.20. The Morgan fingerprint density at radius 1 is 0.962 bits per heavy atom. The van der Waals surface area contributed by atoms with Crippen molar-refractivity contribution in [3.63, 3.8) is 0 Å². The van der Waals surface area contributed by atoms with Crippen LogP contribution in [0.15, 0.2) is 72.1 Å². The van der Waals surface area contributed by atoms with Crippen molar-refractivity contribution in [1.29, 1.82) is 0 Å². The molecule has 2 N–H and O–H groups in total. The van der Waals surface area contributed by atoms with Gasteiger partial charge in [0.15, 0.2) is 6.17 Å². The third-order valence-electron chi connectivity index (χ3n) is 3.74. The molecule has 3 aromatic rings. The number of ether oxygens (including phenoxy) is 1. The number of Topliss-reactive ketones (excluding diaryl/α,β-unsaturated/α-hetero) is 1. The minimum absolute atomic E-state index is 0.194. The van der Waals surface area contributed by atoms with Gasteiger partial charge < -0.3 is 15.4 Å². The van der Waals surface area contributed by atoms with Crippen LogP contribution >= 0.6 is 11.3 Å². The van der Waals surface area contributed by atoms with Gasteiger partial charge in [0.2, 0.25) is 5.78 Å². The van der Waals surface area contributed by atoms with Gasteiger partial charge in [-0.3, -0.25) is 9.59 Å². The van der Waals surface area contributed by atoms with Crippen molar-refractivity contribution in [3.8, 4) is 5.75 Å². The van der Waals surface area contributed by atoms with Gasteiger partial charge in [-0.1, -0.05) is 24.3 Å². The Morgan fingerprint density at radius 3 is 2.31 bits per heavy atom. The number of thiophene rings is 1. The number of anilines is 1. The van der Waals surface area contributed by atoms with Crippen LogP contribution in [0.3, 0.4) is 0 Å². The molecule has 3 rings (SSSR count). The second-order valence-electron chi connectivity index (χ2n) is 5.49. The topological polar surface area (TPSA) is 67.4 Å². The van der Waals surface area contributed by atoms with Crippen LogP contribution in [-0.2, 0) is 0 Å². The molecule has 5 nitrogen and oxygen atoms in total. The highest BCUT2D eigenvalue weighted by molar-refractivity contribution is 7.12. The molecule has 0 unspecified atom stereocenters. The van der Waals surface area contributed by atoms with Gasteiger partial charge >= 0.3 is 0 Å². The first-order valence-electron chi connectivity index (χ1n) is 8.01. The molecule has 0 aliphatic rings. The van der Waals surface area contributed by atoms with Crippen molar-refractivity contribution in [3.05, 3.63) is 82.6 Å². The average molecular weight is 366 g/mol. The van der Waals surface area contributed by atoms with Crippen LogP contribution in [0.25, 0.3) is 0 Å². The van der Waals surface area contributed by atoms with E-state index in [-0.39, 0.29) is 11.7 Å². The third-order valence-corrected chi connectivity index (χ3v) is 4.62. The first kappa shape index (κ1) is 17.7. The number of carbonyl (C=O) groups is 2. The van der Waals surface area contributed by atoms with Crippen LogP contribution < -0.4 is 15.4 Å². The fourth-order valence-corrected chi connectivity index (χ4v) is 3.08. The predicted octanol–water partition coefficient (Wildman–Crippen LogP) is 3.81. The van der Waals surface area contributed by atoms with Crippen LogP contribution in [0.2, 0.25) is 0 Å². The molecule has 1 amide bonds. The Labute approximate surface area is 155 Å².